The second-order valence-corrected chi connectivity index (χ2v) is 13.5. The fourth-order valence-electron chi connectivity index (χ4n) is 9.09. The molecule has 7 aromatic carbocycles. The SMILES string of the molecule is C1=C2c3ccc(Oc4ccccc4)cc3C3=CC=C4c5cc6c(-c7ccccc7)c7ccccc7c(-c7ccccc7)c6cc5C(=C1)C4C23. The largest absolute Gasteiger partial charge is 0.457 e. The number of hydrogen-bond acceptors (Lipinski definition) is 1. The van der Waals surface area contributed by atoms with Gasteiger partial charge in [0.2, 0.25) is 0 Å². The number of para-hydroxylation sites is 1. The molecule has 0 heterocycles. The molecule has 0 aromatic heterocycles. The number of rotatable bonds is 4. The molecule has 0 saturated heterocycles. The lowest BCUT2D eigenvalue weighted by Crippen LogP contribution is -2.17. The molecule has 0 aliphatic heterocycles. The van der Waals surface area contributed by atoms with Crippen molar-refractivity contribution in [2.75, 3.05) is 0 Å². The third kappa shape index (κ3) is 3.82. The molecule has 0 saturated carbocycles. The molecule has 7 aromatic rings. The summed E-state index contributed by atoms with van der Waals surface area (Å²) in [4.78, 5) is 0. The fraction of sp³-hybridized carbons (Fsp3) is 0.0417. The smallest absolute Gasteiger partial charge is 0.128 e. The lowest BCUT2D eigenvalue weighted by molar-refractivity contribution is 0.482. The van der Waals surface area contributed by atoms with E-state index in [0.29, 0.717) is 11.8 Å². The lowest BCUT2D eigenvalue weighted by atomic mass is 9.72. The predicted octanol–water partition coefficient (Wildman–Crippen LogP) is 12.6. The summed E-state index contributed by atoms with van der Waals surface area (Å²) in [6, 6.07) is 52.6. The summed E-state index contributed by atoms with van der Waals surface area (Å²) in [5.74, 6) is 2.34. The fourth-order valence-corrected chi connectivity index (χ4v) is 9.09. The molecule has 11 rings (SSSR count). The molecule has 1 heteroatoms. The van der Waals surface area contributed by atoms with Gasteiger partial charge in [-0.25, -0.2) is 0 Å². The second kappa shape index (κ2) is 10.2. The minimum atomic E-state index is 0.299. The summed E-state index contributed by atoms with van der Waals surface area (Å²) >= 11 is 0. The Balaban J connectivity index is 1.15. The van der Waals surface area contributed by atoms with Crippen LogP contribution in [0.4, 0.5) is 0 Å². The van der Waals surface area contributed by atoms with Gasteiger partial charge in [-0.2, -0.15) is 0 Å². The summed E-state index contributed by atoms with van der Waals surface area (Å²) in [7, 11) is 0. The van der Waals surface area contributed by atoms with Crippen molar-refractivity contribution in [3.63, 3.8) is 0 Å². The standard InChI is InChI=1S/C48H30O/c1-4-12-29(13-5-1)45-34-18-10-11-19-35(34)46(30-14-6-2-7-15-30)44-28-42-39-25-24-37-40-26-32(49-31-16-8-3-9-17-31)20-21-33(40)36-22-23-38(48(39)47(36)37)41(42)27-43(44)45/h1-28,47-48H. The zero-order valence-electron chi connectivity index (χ0n) is 26.7. The van der Waals surface area contributed by atoms with Gasteiger partial charge in [-0.1, -0.05) is 133 Å². The zero-order chi connectivity index (χ0) is 32.1. The molecule has 0 bridgehead atoms. The van der Waals surface area contributed by atoms with Gasteiger partial charge >= 0.3 is 0 Å². The molecule has 0 spiro atoms. The third-order valence-corrected chi connectivity index (χ3v) is 11.1. The maximum absolute atomic E-state index is 6.30. The van der Waals surface area contributed by atoms with Crippen LogP contribution in [0.1, 0.15) is 22.3 Å². The van der Waals surface area contributed by atoms with E-state index in [0.717, 1.165) is 11.5 Å². The molecule has 49 heavy (non-hydrogen) atoms. The highest BCUT2D eigenvalue weighted by Gasteiger charge is 2.47. The van der Waals surface area contributed by atoms with Gasteiger partial charge in [0, 0.05) is 11.8 Å². The number of benzene rings is 7. The minimum Gasteiger partial charge on any atom is -0.457 e. The first kappa shape index (κ1) is 26.8. The molecule has 2 atom stereocenters. The Labute approximate surface area is 285 Å². The molecule has 4 aliphatic rings. The highest BCUT2D eigenvalue weighted by atomic mass is 16.5. The van der Waals surface area contributed by atoms with E-state index in [1.54, 1.807) is 0 Å². The molecule has 0 fully saturated rings. The van der Waals surface area contributed by atoms with Crippen LogP contribution >= 0.6 is 0 Å². The van der Waals surface area contributed by atoms with E-state index in [-0.39, 0.29) is 0 Å². The van der Waals surface area contributed by atoms with Crippen LogP contribution in [0.3, 0.4) is 0 Å². The Morgan fingerprint density at radius 2 is 0.755 bits per heavy atom. The topological polar surface area (TPSA) is 9.23 Å². The van der Waals surface area contributed by atoms with Crippen molar-refractivity contribution in [3.8, 4) is 33.8 Å². The Morgan fingerprint density at radius 1 is 0.327 bits per heavy atom. The van der Waals surface area contributed by atoms with Gasteiger partial charge < -0.3 is 4.74 Å². The summed E-state index contributed by atoms with van der Waals surface area (Å²) in [5.41, 5.74) is 16.2. The van der Waals surface area contributed by atoms with Crippen LogP contribution in [0.25, 0.3) is 66.1 Å². The van der Waals surface area contributed by atoms with Crippen molar-refractivity contribution in [3.05, 3.63) is 192 Å². The van der Waals surface area contributed by atoms with E-state index in [9.17, 15) is 0 Å². The molecule has 228 valence electrons. The van der Waals surface area contributed by atoms with Gasteiger partial charge in [0.05, 0.1) is 0 Å². The summed E-state index contributed by atoms with van der Waals surface area (Å²) in [5, 5.41) is 5.20. The van der Waals surface area contributed by atoms with Gasteiger partial charge in [-0.3, -0.25) is 0 Å². The van der Waals surface area contributed by atoms with Crippen LogP contribution in [0, 0.1) is 11.8 Å². The van der Waals surface area contributed by atoms with Crippen LogP contribution in [0.2, 0.25) is 0 Å². The quantitative estimate of drug-likeness (QED) is 0.178. The molecule has 2 unspecified atom stereocenters. The van der Waals surface area contributed by atoms with E-state index in [1.165, 1.54) is 88.3 Å². The average molecular weight is 623 g/mol. The molecule has 0 N–H and O–H groups in total. The molecule has 0 amide bonds. The van der Waals surface area contributed by atoms with Crippen LogP contribution in [0.15, 0.2) is 170 Å². The first-order valence-electron chi connectivity index (χ1n) is 17.2. The number of ether oxygens (including phenoxy) is 1. The summed E-state index contributed by atoms with van der Waals surface area (Å²) in [6.45, 7) is 0. The Bertz CT molecular complexity index is 2650. The van der Waals surface area contributed by atoms with Crippen LogP contribution < -0.4 is 4.74 Å². The third-order valence-electron chi connectivity index (χ3n) is 11.1. The van der Waals surface area contributed by atoms with Gasteiger partial charge in [-0.05, 0) is 125 Å². The molecular weight excluding hydrogens is 593 g/mol. The van der Waals surface area contributed by atoms with E-state index >= 15 is 0 Å². The van der Waals surface area contributed by atoms with Crippen molar-refractivity contribution in [1.82, 2.24) is 0 Å². The van der Waals surface area contributed by atoms with Gasteiger partial charge in [0.15, 0.2) is 0 Å². The van der Waals surface area contributed by atoms with E-state index in [4.69, 9.17) is 4.74 Å². The van der Waals surface area contributed by atoms with E-state index in [1.807, 2.05) is 30.3 Å². The molecular formula is C48H30O. The maximum atomic E-state index is 6.30. The van der Waals surface area contributed by atoms with Gasteiger partial charge in [0.1, 0.15) is 11.5 Å². The zero-order valence-corrected chi connectivity index (χ0v) is 26.7. The number of fused-ring (bicyclic) bond motifs is 8. The lowest BCUT2D eigenvalue weighted by Gasteiger charge is -2.30. The first-order valence-corrected chi connectivity index (χ1v) is 17.2. The van der Waals surface area contributed by atoms with Crippen LogP contribution in [-0.2, 0) is 0 Å². The second-order valence-electron chi connectivity index (χ2n) is 13.5. The molecule has 1 nitrogen and oxygen atoms in total. The van der Waals surface area contributed by atoms with Crippen molar-refractivity contribution in [2.45, 2.75) is 0 Å². The van der Waals surface area contributed by atoms with Crippen molar-refractivity contribution in [1.29, 1.82) is 0 Å². The van der Waals surface area contributed by atoms with E-state index in [2.05, 4.69) is 140 Å². The van der Waals surface area contributed by atoms with Crippen molar-refractivity contribution < 1.29 is 4.74 Å². The highest BCUT2D eigenvalue weighted by molar-refractivity contribution is 6.23. The highest BCUT2D eigenvalue weighted by Crippen LogP contribution is 2.64. The summed E-state index contributed by atoms with van der Waals surface area (Å²) in [6.07, 6.45) is 9.60. The Morgan fingerprint density at radius 3 is 1.27 bits per heavy atom. The van der Waals surface area contributed by atoms with Crippen LogP contribution in [-0.4, -0.2) is 0 Å². The van der Waals surface area contributed by atoms with Gasteiger partial charge in [0.25, 0.3) is 0 Å². The van der Waals surface area contributed by atoms with Crippen molar-refractivity contribution in [2.24, 2.45) is 11.8 Å². The number of allylic oxidation sites excluding steroid dienone is 8. The Hall–Kier alpha value is -6.18. The normalized spacial score (nSPS) is 17.9. The van der Waals surface area contributed by atoms with Crippen molar-refractivity contribution >= 4 is 43.8 Å². The maximum Gasteiger partial charge on any atom is 0.128 e. The van der Waals surface area contributed by atoms with Gasteiger partial charge in [-0.15, -0.1) is 0 Å². The average Bonchev–Trinajstić information content (AvgIpc) is 3.65. The van der Waals surface area contributed by atoms with E-state index < -0.39 is 0 Å². The molecule has 0 radical (unpaired) electrons. The first-order chi connectivity index (χ1) is 24.3. The summed E-state index contributed by atoms with van der Waals surface area (Å²) < 4.78 is 6.30. The minimum absolute atomic E-state index is 0.299. The predicted molar refractivity (Wildman–Crippen MR) is 204 cm³/mol. The monoisotopic (exact) mass is 622 g/mol. The number of hydrogen-bond donors (Lipinski definition) is 0. The molecule has 4 aliphatic carbocycles. The van der Waals surface area contributed by atoms with Crippen LogP contribution in [0.5, 0.6) is 11.5 Å². The Kier molecular flexibility index (Phi) is 5.57.